The fourth-order valence-corrected chi connectivity index (χ4v) is 1.65. The molecule has 0 aromatic carbocycles. The molecule has 1 saturated heterocycles. The third kappa shape index (κ3) is 2.54. The Bertz CT molecular complexity index is 350. The molecule has 1 aromatic heterocycles. The summed E-state index contributed by atoms with van der Waals surface area (Å²) >= 11 is 0. The highest BCUT2D eigenvalue weighted by atomic mass is 16.5. The molecular formula is C10H13N3O2. The van der Waals surface area contributed by atoms with Crippen molar-refractivity contribution in [3.05, 3.63) is 11.7 Å². The maximum absolute atomic E-state index is 8.43. The Morgan fingerprint density at radius 1 is 1.40 bits per heavy atom. The molecule has 1 fully saturated rings. The second-order valence-electron chi connectivity index (χ2n) is 3.59. The van der Waals surface area contributed by atoms with Gasteiger partial charge in [0.2, 0.25) is 5.89 Å². The lowest BCUT2D eigenvalue weighted by molar-refractivity contribution is 0.0830. The molecule has 5 heteroatoms. The lowest BCUT2D eigenvalue weighted by Gasteiger charge is -2.18. The molecule has 0 amide bonds. The van der Waals surface area contributed by atoms with Crippen LogP contribution in [0.25, 0.3) is 0 Å². The van der Waals surface area contributed by atoms with Crippen LogP contribution in [0.2, 0.25) is 0 Å². The first-order chi connectivity index (χ1) is 7.40. The maximum Gasteiger partial charge on any atom is 0.227 e. The third-order valence-corrected chi connectivity index (χ3v) is 2.52. The summed E-state index contributed by atoms with van der Waals surface area (Å²) in [5, 5.41) is 12.4. The zero-order valence-corrected chi connectivity index (χ0v) is 8.48. The van der Waals surface area contributed by atoms with Crippen molar-refractivity contribution >= 4 is 0 Å². The second kappa shape index (κ2) is 4.89. The molecule has 2 heterocycles. The topological polar surface area (TPSA) is 71.9 Å². The minimum absolute atomic E-state index is 0.360. The van der Waals surface area contributed by atoms with Gasteiger partial charge in [0, 0.05) is 32.0 Å². The fraction of sp³-hybridized carbons (Fsp3) is 0.700. The Balaban J connectivity index is 1.96. The molecule has 80 valence electrons. The average molecular weight is 207 g/mol. The van der Waals surface area contributed by atoms with Crippen LogP contribution in [-0.4, -0.2) is 23.4 Å². The predicted molar refractivity (Wildman–Crippen MR) is 51.0 cm³/mol. The van der Waals surface area contributed by atoms with Gasteiger partial charge in [-0.15, -0.1) is 0 Å². The van der Waals surface area contributed by atoms with Gasteiger partial charge in [0.15, 0.2) is 5.82 Å². The highest BCUT2D eigenvalue weighted by molar-refractivity contribution is 4.97. The molecule has 0 unspecified atom stereocenters. The van der Waals surface area contributed by atoms with Gasteiger partial charge in [-0.05, 0) is 12.8 Å². The number of ether oxygens (including phenoxy) is 1. The minimum Gasteiger partial charge on any atom is -0.381 e. The summed E-state index contributed by atoms with van der Waals surface area (Å²) in [6, 6.07) is 2.06. The van der Waals surface area contributed by atoms with Crippen LogP contribution >= 0.6 is 0 Å². The molecule has 0 N–H and O–H groups in total. The molecule has 2 rings (SSSR count). The van der Waals surface area contributed by atoms with Crippen LogP contribution in [-0.2, 0) is 11.2 Å². The monoisotopic (exact) mass is 207 g/mol. The minimum atomic E-state index is 0.360. The Kier molecular flexibility index (Phi) is 3.30. The van der Waals surface area contributed by atoms with Crippen LogP contribution in [0.4, 0.5) is 0 Å². The van der Waals surface area contributed by atoms with E-state index >= 15 is 0 Å². The quantitative estimate of drug-likeness (QED) is 0.749. The van der Waals surface area contributed by atoms with Crippen molar-refractivity contribution in [1.29, 1.82) is 5.26 Å². The first kappa shape index (κ1) is 10.1. The van der Waals surface area contributed by atoms with E-state index in [1.54, 1.807) is 0 Å². The van der Waals surface area contributed by atoms with E-state index in [1.165, 1.54) is 0 Å². The van der Waals surface area contributed by atoms with E-state index in [4.69, 9.17) is 14.5 Å². The van der Waals surface area contributed by atoms with E-state index in [0.717, 1.165) is 31.9 Å². The summed E-state index contributed by atoms with van der Waals surface area (Å²) < 4.78 is 10.3. The Morgan fingerprint density at radius 2 is 2.20 bits per heavy atom. The number of rotatable bonds is 3. The van der Waals surface area contributed by atoms with Crippen LogP contribution < -0.4 is 0 Å². The fourth-order valence-electron chi connectivity index (χ4n) is 1.65. The van der Waals surface area contributed by atoms with Crippen molar-refractivity contribution in [2.75, 3.05) is 13.2 Å². The molecule has 0 aliphatic carbocycles. The third-order valence-electron chi connectivity index (χ3n) is 2.52. The summed E-state index contributed by atoms with van der Waals surface area (Å²) in [5.41, 5.74) is 0. The van der Waals surface area contributed by atoms with E-state index in [-0.39, 0.29) is 0 Å². The molecule has 1 aliphatic rings. The standard InChI is InChI=1S/C10H13N3O2/c11-5-1-2-9-12-10(13-15-9)8-3-6-14-7-4-8/h8H,1-4,6-7H2. The summed E-state index contributed by atoms with van der Waals surface area (Å²) in [6.45, 7) is 1.54. The van der Waals surface area contributed by atoms with E-state index in [1.807, 2.05) is 0 Å². The molecule has 0 radical (unpaired) electrons. The lowest BCUT2D eigenvalue weighted by Crippen LogP contribution is -2.15. The summed E-state index contributed by atoms with van der Waals surface area (Å²) in [4.78, 5) is 4.29. The number of aryl methyl sites for hydroxylation is 1. The summed E-state index contributed by atoms with van der Waals surface area (Å²) in [5.74, 6) is 1.70. The number of nitriles is 1. The van der Waals surface area contributed by atoms with Gasteiger partial charge in [0.25, 0.3) is 0 Å². The molecule has 1 aromatic rings. The van der Waals surface area contributed by atoms with Gasteiger partial charge < -0.3 is 9.26 Å². The van der Waals surface area contributed by atoms with Crippen LogP contribution in [0.5, 0.6) is 0 Å². The molecule has 0 spiro atoms. The van der Waals surface area contributed by atoms with E-state index < -0.39 is 0 Å². The van der Waals surface area contributed by atoms with Crippen LogP contribution in [0.3, 0.4) is 0 Å². The van der Waals surface area contributed by atoms with Crippen LogP contribution in [0, 0.1) is 11.3 Å². The number of hydrogen-bond donors (Lipinski definition) is 0. The second-order valence-corrected chi connectivity index (χ2v) is 3.59. The van der Waals surface area contributed by atoms with Gasteiger partial charge in [-0.1, -0.05) is 5.16 Å². The molecule has 1 aliphatic heterocycles. The number of hydrogen-bond acceptors (Lipinski definition) is 5. The van der Waals surface area contributed by atoms with Gasteiger partial charge in [0.1, 0.15) is 0 Å². The van der Waals surface area contributed by atoms with Crippen molar-refractivity contribution < 1.29 is 9.26 Å². The van der Waals surface area contributed by atoms with E-state index in [0.29, 0.717) is 24.7 Å². The SMILES string of the molecule is N#CCCc1nc(C2CCOCC2)no1. The van der Waals surface area contributed by atoms with Crippen LogP contribution in [0.1, 0.15) is 36.9 Å². The van der Waals surface area contributed by atoms with Crippen molar-refractivity contribution in [3.63, 3.8) is 0 Å². The van der Waals surface area contributed by atoms with Gasteiger partial charge in [-0.2, -0.15) is 10.2 Å². The highest BCUT2D eigenvalue weighted by Crippen LogP contribution is 2.24. The molecule has 5 nitrogen and oxygen atoms in total. The van der Waals surface area contributed by atoms with Crippen molar-refractivity contribution in [2.45, 2.75) is 31.6 Å². The zero-order chi connectivity index (χ0) is 10.5. The van der Waals surface area contributed by atoms with Crippen molar-refractivity contribution in [1.82, 2.24) is 10.1 Å². The number of nitrogens with zero attached hydrogens (tertiary/aromatic N) is 3. The zero-order valence-electron chi connectivity index (χ0n) is 8.48. The van der Waals surface area contributed by atoms with Gasteiger partial charge in [-0.3, -0.25) is 0 Å². The Morgan fingerprint density at radius 3 is 2.93 bits per heavy atom. The first-order valence-corrected chi connectivity index (χ1v) is 5.17. The van der Waals surface area contributed by atoms with Gasteiger partial charge in [0.05, 0.1) is 6.07 Å². The average Bonchev–Trinajstić information content (AvgIpc) is 2.76. The normalized spacial score (nSPS) is 17.5. The maximum atomic E-state index is 8.43. The lowest BCUT2D eigenvalue weighted by atomic mass is 10.00. The summed E-state index contributed by atoms with van der Waals surface area (Å²) in [7, 11) is 0. The molecule has 0 atom stereocenters. The molecule has 0 saturated carbocycles. The Hall–Kier alpha value is -1.41. The smallest absolute Gasteiger partial charge is 0.227 e. The van der Waals surface area contributed by atoms with Gasteiger partial charge >= 0.3 is 0 Å². The highest BCUT2D eigenvalue weighted by Gasteiger charge is 2.20. The largest absolute Gasteiger partial charge is 0.381 e. The molecule has 0 bridgehead atoms. The van der Waals surface area contributed by atoms with Crippen molar-refractivity contribution in [2.24, 2.45) is 0 Å². The van der Waals surface area contributed by atoms with Crippen LogP contribution in [0.15, 0.2) is 4.52 Å². The summed E-state index contributed by atoms with van der Waals surface area (Å²) in [6.07, 6.45) is 2.89. The van der Waals surface area contributed by atoms with E-state index in [2.05, 4.69) is 16.2 Å². The molecular weight excluding hydrogens is 194 g/mol. The van der Waals surface area contributed by atoms with Gasteiger partial charge in [-0.25, -0.2) is 0 Å². The first-order valence-electron chi connectivity index (χ1n) is 5.17. The predicted octanol–water partition coefficient (Wildman–Crippen LogP) is 1.42. The number of aromatic nitrogens is 2. The van der Waals surface area contributed by atoms with Crippen molar-refractivity contribution in [3.8, 4) is 6.07 Å². The Labute approximate surface area is 88.0 Å². The van der Waals surface area contributed by atoms with E-state index in [9.17, 15) is 0 Å². The molecule has 15 heavy (non-hydrogen) atoms.